The minimum atomic E-state index is -0.457. The molecule has 1 N–H and O–H groups in total. The smallest absolute Gasteiger partial charge is 0.325 e. The molecular weight excluding hydrogens is 270 g/mol. The van der Waals surface area contributed by atoms with Crippen LogP contribution in [0.5, 0.6) is 0 Å². The van der Waals surface area contributed by atoms with Gasteiger partial charge in [-0.3, -0.25) is 19.3 Å². The number of nitrogens with one attached hydrogen (secondary N) is 1. The van der Waals surface area contributed by atoms with Gasteiger partial charge in [0.05, 0.1) is 0 Å². The Morgan fingerprint density at radius 3 is 2.67 bits per heavy atom. The molecule has 3 heterocycles. The first-order chi connectivity index (χ1) is 10.1. The molecule has 0 bridgehead atoms. The largest absolute Gasteiger partial charge is 0.329 e. The molecule has 3 rings (SSSR count). The highest BCUT2D eigenvalue weighted by Gasteiger charge is 2.14. The number of rotatable bonds is 3. The summed E-state index contributed by atoms with van der Waals surface area (Å²) in [6, 6.07) is 5.75. The van der Waals surface area contributed by atoms with E-state index < -0.39 is 11.2 Å². The average Bonchev–Trinajstić information content (AvgIpc) is 2.81. The molecule has 7 heteroatoms. The first kappa shape index (κ1) is 13.3. The third-order valence-electron chi connectivity index (χ3n) is 3.56. The summed E-state index contributed by atoms with van der Waals surface area (Å²) in [5.41, 5.74) is 0.914. The van der Waals surface area contributed by atoms with Crippen molar-refractivity contribution >= 4 is 11.2 Å². The van der Waals surface area contributed by atoms with Gasteiger partial charge in [0.15, 0.2) is 11.2 Å². The van der Waals surface area contributed by atoms with E-state index in [0.29, 0.717) is 17.6 Å². The van der Waals surface area contributed by atoms with E-state index in [1.807, 2.05) is 18.2 Å². The summed E-state index contributed by atoms with van der Waals surface area (Å²) in [5.74, 6) is 0.752. The van der Waals surface area contributed by atoms with Gasteiger partial charge in [0, 0.05) is 32.4 Å². The molecule has 0 spiro atoms. The van der Waals surface area contributed by atoms with Crippen LogP contribution in [0.1, 0.15) is 11.5 Å². The summed E-state index contributed by atoms with van der Waals surface area (Å²) in [6.07, 6.45) is 3.12. The summed E-state index contributed by atoms with van der Waals surface area (Å²) >= 11 is 0. The molecule has 0 amide bonds. The Labute approximate surface area is 119 Å². The molecule has 21 heavy (non-hydrogen) atoms. The molecule has 108 valence electrons. The van der Waals surface area contributed by atoms with E-state index in [2.05, 4.69) is 15.0 Å². The van der Waals surface area contributed by atoms with Crippen LogP contribution in [0.4, 0.5) is 0 Å². The molecule has 0 aliphatic rings. The molecule has 0 saturated heterocycles. The number of fused-ring (bicyclic) bond motifs is 1. The maximum absolute atomic E-state index is 11.9. The zero-order chi connectivity index (χ0) is 15.0. The number of hydrogen-bond acceptors (Lipinski definition) is 4. The van der Waals surface area contributed by atoms with Crippen LogP contribution in [0.25, 0.3) is 11.2 Å². The second-order valence-electron chi connectivity index (χ2n) is 4.90. The summed E-state index contributed by atoms with van der Waals surface area (Å²) in [4.78, 5) is 34.5. The molecule has 0 saturated carbocycles. The van der Waals surface area contributed by atoms with E-state index in [9.17, 15) is 9.59 Å². The van der Waals surface area contributed by atoms with Crippen LogP contribution in [0.15, 0.2) is 34.0 Å². The van der Waals surface area contributed by atoms with E-state index in [1.165, 1.54) is 4.57 Å². The van der Waals surface area contributed by atoms with Gasteiger partial charge in [-0.1, -0.05) is 6.07 Å². The number of aryl methyl sites for hydroxylation is 4. The molecule has 3 aromatic rings. The predicted octanol–water partition coefficient (Wildman–Crippen LogP) is 0.140. The van der Waals surface area contributed by atoms with Crippen LogP contribution < -0.4 is 11.2 Å². The van der Waals surface area contributed by atoms with Crippen molar-refractivity contribution in [2.45, 2.75) is 12.8 Å². The van der Waals surface area contributed by atoms with Crippen LogP contribution >= 0.6 is 0 Å². The molecule has 0 atom stereocenters. The predicted molar refractivity (Wildman–Crippen MR) is 78.2 cm³/mol. The Kier molecular flexibility index (Phi) is 3.17. The Bertz CT molecular complexity index is 905. The van der Waals surface area contributed by atoms with Crippen molar-refractivity contribution in [3.05, 3.63) is 56.8 Å². The SMILES string of the molecule is Cn1c(CCc2ccccn2)nc2c1c(=O)[nH]c(=O)n2C. The normalized spacial score (nSPS) is 11.1. The van der Waals surface area contributed by atoms with Crippen molar-refractivity contribution in [1.29, 1.82) is 0 Å². The van der Waals surface area contributed by atoms with Gasteiger partial charge in [0.1, 0.15) is 5.82 Å². The standard InChI is InChI=1S/C14H15N5O2/c1-18-10(7-6-9-5-3-4-8-15-9)16-12-11(18)13(20)17-14(21)19(12)2/h3-5,8H,6-7H2,1-2H3,(H,17,20,21). The third-order valence-corrected chi connectivity index (χ3v) is 3.56. The van der Waals surface area contributed by atoms with Gasteiger partial charge >= 0.3 is 5.69 Å². The molecule has 3 aromatic heterocycles. The number of H-pyrrole nitrogens is 1. The van der Waals surface area contributed by atoms with Crippen LogP contribution in [0.2, 0.25) is 0 Å². The minimum Gasteiger partial charge on any atom is -0.325 e. The second kappa shape index (κ2) is 5.01. The molecule has 7 nitrogen and oxygen atoms in total. The van der Waals surface area contributed by atoms with Crippen molar-refractivity contribution in [1.82, 2.24) is 24.1 Å². The third kappa shape index (κ3) is 2.26. The van der Waals surface area contributed by atoms with Gasteiger partial charge in [-0.25, -0.2) is 9.78 Å². The average molecular weight is 285 g/mol. The van der Waals surface area contributed by atoms with E-state index in [0.717, 1.165) is 17.9 Å². The molecule has 0 aliphatic carbocycles. The first-order valence-electron chi connectivity index (χ1n) is 6.62. The summed E-state index contributed by atoms with van der Waals surface area (Å²) in [6.45, 7) is 0. The Balaban J connectivity index is 2.03. The minimum absolute atomic E-state index is 0.405. The maximum atomic E-state index is 11.9. The fourth-order valence-corrected chi connectivity index (χ4v) is 2.36. The van der Waals surface area contributed by atoms with Crippen molar-refractivity contribution in [3.63, 3.8) is 0 Å². The van der Waals surface area contributed by atoms with E-state index in [1.54, 1.807) is 24.9 Å². The zero-order valence-electron chi connectivity index (χ0n) is 11.8. The number of imidazole rings is 1. The lowest BCUT2D eigenvalue weighted by Gasteiger charge is -2.01. The molecule has 0 unspecified atom stereocenters. The second-order valence-corrected chi connectivity index (χ2v) is 4.90. The first-order valence-corrected chi connectivity index (χ1v) is 6.62. The lowest BCUT2D eigenvalue weighted by molar-refractivity contribution is 0.774. The molecule has 0 fully saturated rings. The number of hydrogen-bond donors (Lipinski definition) is 1. The van der Waals surface area contributed by atoms with Crippen LogP contribution in [0.3, 0.4) is 0 Å². The van der Waals surface area contributed by atoms with Crippen LogP contribution in [-0.4, -0.2) is 24.1 Å². The monoisotopic (exact) mass is 285 g/mol. The lowest BCUT2D eigenvalue weighted by atomic mass is 10.2. The Hall–Kier alpha value is -2.70. The number of pyridine rings is 1. The number of aromatic nitrogens is 5. The van der Waals surface area contributed by atoms with Gasteiger partial charge in [-0.15, -0.1) is 0 Å². The van der Waals surface area contributed by atoms with Crippen LogP contribution in [-0.2, 0) is 26.9 Å². The van der Waals surface area contributed by atoms with E-state index >= 15 is 0 Å². The van der Waals surface area contributed by atoms with Crippen LogP contribution in [0, 0.1) is 0 Å². The summed E-state index contributed by atoms with van der Waals surface area (Å²) < 4.78 is 3.08. The quantitative estimate of drug-likeness (QED) is 0.741. The highest BCUT2D eigenvalue weighted by Crippen LogP contribution is 2.10. The van der Waals surface area contributed by atoms with Gasteiger partial charge in [-0.2, -0.15) is 0 Å². The summed E-state index contributed by atoms with van der Waals surface area (Å²) in [7, 11) is 3.37. The lowest BCUT2D eigenvalue weighted by Crippen LogP contribution is -2.29. The van der Waals surface area contributed by atoms with Gasteiger partial charge in [-0.05, 0) is 18.6 Å². The number of nitrogens with zero attached hydrogens (tertiary/aromatic N) is 4. The topological polar surface area (TPSA) is 85.6 Å². The van der Waals surface area contributed by atoms with E-state index in [4.69, 9.17) is 0 Å². The number of aromatic amines is 1. The van der Waals surface area contributed by atoms with Crippen molar-refractivity contribution < 1.29 is 0 Å². The van der Waals surface area contributed by atoms with Gasteiger partial charge in [0.25, 0.3) is 5.56 Å². The fourth-order valence-electron chi connectivity index (χ4n) is 2.36. The van der Waals surface area contributed by atoms with Gasteiger partial charge in [0.2, 0.25) is 0 Å². The highest BCUT2D eigenvalue weighted by atomic mass is 16.2. The van der Waals surface area contributed by atoms with Gasteiger partial charge < -0.3 is 4.57 Å². The zero-order valence-corrected chi connectivity index (χ0v) is 11.8. The molecule has 0 radical (unpaired) electrons. The maximum Gasteiger partial charge on any atom is 0.329 e. The van der Waals surface area contributed by atoms with Crippen molar-refractivity contribution in [2.75, 3.05) is 0 Å². The Morgan fingerprint density at radius 1 is 1.14 bits per heavy atom. The van der Waals surface area contributed by atoms with Crippen molar-refractivity contribution in [2.24, 2.45) is 14.1 Å². The summed E-state index contributed by atoms with van der Waals surface area (Å²) in [5, 5.41) is 0. The van der Waals surface area contributed by atoms with Crippen molar-refractivity contribution in [3.8, 4) is 0 Å². The molecule has 0 aromatic carbocycles. The molecular formula is C14H15N5O2. The highest BCUT2D eigenvalue weighted by molar-refractivity contribution is 5.70. The molecule has 0 aliphatic heterocycles. The Morgan fingerprint density at radius 2 is 1.95 bits per heavy atom. The van der Waals surface area contributed by atoms with E-state index in [-0.39, 0.29) is 0 Å². The fraction of sp³-hybridized carbons (Fsp3) is 0.286.